The maximum atomic E-state index is 9.74. The van der Waals surface area contributed by atoms with Crippen molar-refractivity contribution >= 4 is 0 Å². The lowest BCUT2D eigenvalue weighted by Gasteiger charge is -2.13. The van der Waals surface area contributed by atoms with Crippen LogP contribution >= 0.6 is 0 Å². The Morgan fingerprint density at radius 1 is 1.40 bits per heavy atom. The van der Waals surface area contributed by atoms with Gasteiger partial charge < -0.3 is 5.11 Å². The summed E-state index contributed by atoms with van der Waals surface area (Å²) in [7, 11) is 0. The summed E-state index contributed by atoms with van der Waals surface area (Å²) in [5.74, 6) is 0.560. The van der Waals surface area contributed by atoms with Crippen molar-refractivity contribution in [2.45, 2.75) is 46.1 Å². The fraction of sp³-hybridized carbons (Fsp3) is 0.615. The summed E-state index contributed by atoms with van der Waals surface area (Å²) in [6.45, 7) is 6.33. The molecule has 0 aliphatic carbocycles. The molecule has 0 aliphatic heterocycles. The molecular weight excluding hydrogens is 186 g/mol. The second-order valence-corrected chi connectivity index (χ2v) is 4.59. The van der Waals surface area contributed by atoms with Gasteiger partial charge in [0.25, 0.3) is 0 Å². The lowest BCUT2D eigenvalue weighted by atomic mass is 10.0. The molecule has 1 atom stereocenters. The maximum Gasteiger partial charge on any atom is 0.0546 e. The number of aromatic nitrogens is 1. The molecular formula is C13H21NO. The molecule has 1 unspecified atom stereocenters. The zero-order valence-electron chi connectivity index (χ0n) is 9.90. The van der Waals surface area contributed by atoms with E-state index in [-0.39, 0.29) is 6.10 Å². The van der Waals surface area contributed by atoms with E-state index in [1.165, 1.54) is 5.56 Å². The third kappa shape index (κ3) is 4.43. The SMILES string of the molecule is Cc1cccnc1CCC(O)CC(C)C. The van der Waals surface area contributed by atoms with Gasteiger partial charge in [-0.2, -0.15) is 0 Å². The number of pyridine rings is 1. The van der Waals surface area contributed by atoms with Gasteiger partial charge in [-0.25, -0.2) is 0 Å². The predicted molar refractivity (Wildman–Crippen MR) is 62.8 cm³/mol. The highest BCUT2D eigenvalue weighted by atomic mass is 16.3. The first-order valence-electron chi connectivity index (χ1n) is 5.68. The smallest absolute Gasteiger partial charge is 0.0546 e. The Balaban J connectivity index is 2.40. The zero-order valence-corrected chi connectivity index (χ0v) is 9.90. The third-order valence-electron chi connectivity index (χ3n) is 2.58. The molecule has 84 valence electrons. The normalized spacial score (nSPS) is 13.1. The van der Waals surface area contributed by atoms with E-state index in [2.05, 4.69) is 31.8 Å². The first-order valence-corrected chi connectivity index (χ1v) is 5.68. The van der Waals surface area contributed by atoms with Crippen LogP contribution in [0.5, 0.6) is 0 Å². The fourth-order valence-corrected chi connectivity index (χ4v) is 1.75. The molecule has 0 fully saturated rings. The highest BCUT2D eigenvalue weighted by Gasteiger charge is 2.08. The summed E-state index contributed by atoms with van der Waals surface area (Å²) < 4.78 is 0. The Kier molecular flexibility index (Phi) is 4.76. The molecule has 0 aromatic carbocycles. The Morgan fingerprint density at radius 2 is 2.13 bits per heavy atom. The first kappa shape index (κ1) is 12.2. The molecule has 0 saturated heterocycles. The quantitative estimate of drug-likeness (QED) is 0.805. The van der Waals surface area contributed by atoms with Crippen LogP contribution in [0.2, 0.25) is 0 Å². The van der Waals surface area contributed by atoms with E-state index >= 15 is 0 Å². The number of hydrogen-bond donors (Lipinski definition) is 1. The van der Waals surface area contributed by atoms with Crippen molar-refractivity contribution in [1.82, 2.24) is 4.98 Å². The van der Waals surface area contributed by atoms with E-state index in [1.807, 2.05) is 12.3 Å². The number of rotatable bonds is 5. The summed E-state index contributed by atoms with van der Waals surface area (Å²) >= 11 is 0. The number of hydrogen-bond acceptors (Lipinski definition) is 2. The first-order chi connectivity index (χ1) is 7.09. The molecule has 1 rings (SSSR count). The molecule has 0 radical (unpaired) electrons. The van der Waals surface area contributed by atoms with Crippen LogP contribution < -0.4 is 0 Å². The molecule has 1 aromatic heterocycles. The van der Waals surface area contributed by atoms with E-state index in [1.54, 1.807) is 0 Å². The third-order valence-corrected chi connectivity index (χ3v) is 2.58. The Labute approximate surface area is 92.4 Å². The average molecular weight is 207 g/mol. The van der Waals surface area contributed by atoms with Crippen molar-refractivity contribution in [3.05, 3.63) is 29.6 Å². The van der Waals surface area contributed by atoms with Gasteiger partial charge >= 0.3 is 0 Å². The van der Waals surface area contributed by atoms with E-state index in [0.29, 0.717) is 5.92 Å². The van der Waals surface area contributed by atoms with Crippen LogP contribution in [0.25, 0.3) is 0 Å². The molecule has 0 saturated carbocycles. The van der Waals surface area contributed by atoms with E-state index in [9.17, 15) is 5.11 Å². The molecule has 2 nitrogen and oxygen atoms in total. The van der Waals surface area contributed by atoms with Gasteiger partial charge in [-0.05, 0) is 43.7 Å². The predicted octanol–water partition coefficient (Wildman–Crippen LogP) is 2.73. The van der Waals surface area contributed by atoms with Crippen molar-refractivity contribution in [2.24, 2.45) is 5.92 Å². The molecule has 1 aromatic rings. The van der Waals surface area contributed by atoms with Crippen LogP contribution in [0.15, 0.2) is 18.3 Å². The highest BCUT2D eigenvalue weighted by molar-refractivity contribution is 5.17. The summed E-state index contributed by atoms with van der Waals surface area (Å²) in [4.78, 5) is 4.32. The maximum absolute atomic E-state index is 9.74. The molecule has 1 N–H and O–H groups in total. The van der Waals surface area contributed by atoms with Gasteiger partial charge in [-0.1, -0.05) is 19.9 Å². The van der Waals surface area contributed by atoms with Gasteiger partial charge in [-0.15, -0.1) is 0 Å². The molecule has 0 bridgehead atoms. The summed E-state index contributed by atoms with van der Waals surface area (Å²) in [5.41, 5.74) is 2.33. The minimum Gasteiger partial charge on any atom is -0.393 e. The molecule has 0 amide bonds. The largest absolute Gasteiger partial charge is 0.393 e. The van der Waals surface area contributed by atoms with Crippen LogP contribution in [-0.4, -0.2) is 16.2 Å². The fourth-order valence-electron chi connectivity index (χ4n) is 1.75. The highest BCUT2D eigenvalue weighted by Crippen LogP contribution is 2.12. The second kappa shape index (κ2) is 5.86. The van der Waals surface area contributed by atoms with Crippen LogP contribution in [-0.2, 0) is 6.42 Å². The molecule has 0 aliphatic rings. The molecule has 15 heavy (non-hydrogen) atoms. The van der Waals surface area contributed by atoms with E-state index < -0.39 is 0 Å². The van der Waals surface area contributed by atoms with Crippen LogP contribution in [0.4, 0.5) is 0 Å². The van der Waals surface area contributed by atoms with Crippen molar-refractivity contribution in [3.63, 3.8) is 0 Å². The van der Waals surface area contributed by atoms with Crippen molar-refractivity contribution < 1.29 is 5.11 Å². The minimum absolute atomic E-state index is 0.189. The molecule has 2 heteroatoms. The van der Waals surface area contributed by atoms with Crippen LogP contribution in [0.3, 0.4) is 0 Å². The van der Waals surface area contributed by atoms with Gasteiger partial charge in [0, 0.05) is 11.9 Å². The minimum atomic E-state index is -0.189. The topological polar surface area (TPSA) is 33.1 Å². The molecule has 0 spiro atoms. The van der Waals surface area contributed by atoms with Gasteiger partial charge in [0.15, 0.2) is 0 Å². The van der Waals surface area contributed by atoms with Gasteiger partial charge in [0.1, 0.15) is 0 Å². The van der Waals surface area contributed by atoms with E-state index in [4.69, 9.17) is 0 Å². The number of nitrogens with zero attached hydrogens (tertiary/aromatic N) is 1. The zero-order chi connectivity index (χ0) is 11.3. The number of aliphatic hydroxyl groups is 1. The van der Waals surface area contributed by atoms with Crippen molar-refractivity contribution in [3.8, 4) is 0 Å². The summed E-state index contributed by atoms with van der Waals surface area (Å²) in [6, 6.07) is 4.01. The Bertz CT molecular complexity index is 296. The van der Waals surface area contributed by atoms with Gasteiger partial charge in [0.05, 0.1) is 6.10 Å². The standard InChI is InChI=1S/C13H21NO/c1-10(2)9-12(15)6-7-13-11(3)5-4-8-14-13/h4-5,8,10,12,15H,6-7,9H2,1-3H3. The lowest BCUT2D eigenvalue weighted by Crippen LogP contribution is -2.11. The van der Waals surface area contributed by atoms with Gasteiger partial charge in [0.2, 0.25) is 0 Å². The summed E-state index contributed by atoms with van der Waals surface area (Å²) in [6.07, 6.45) is 4.20. The second-order valence-electron chi connectivity index (χ2n) is 4.59. The Hall–Kier alpha value is -0.890. The van der Waals surface area contributed by atoms with Crippen molar-refractivity contribution in [2.75, 3.05) is 0 Å². The Morgan fingerprint density at radius 3 is 2.73 bits per heavy atom. The lowest BCUT2D eigenvalue weighted by molar-refractivity contribution is 0.139. The number of aryl methyl sites for hydroxylation is 2. The van der Waals surface area contributed by atoms with Crippen LogP contribution in [0, 0.1) is 12.8 Å². The van der Waals surface area contributed by atoms with E-state index in [0.717, 1.165) is 25.0 Å². The van der Waals surface area contributed by atoms with Crippen LogP contribution in [0.1, 0.15) is 37.9 Å². The monoisotopic (exact) mass is 207 g/mol. The molecule has 1 heterocycles. The average Bonchev–Trinajstić information content (AvgIpc) is 2.15. The summed E-state index contributed by atoms with van der Waals surface area (Å²) in [5, 5.41) is 9.74. The number of aliphatic hydroxyl groups excluding tert-OH is 1. The van der Waals surface area contributed by atoms with Crippen molar-refractivity contribution in [1.29, 1.82) is 0 Å². The van der Waals surface area contributed by atoms with Gasteiger partial charge in [-0.3, -0.25) is 4.98 Å².